The van der Waals surface area contributed by atoms with Gasteiger partial charge in [-0.15, -0.1) is 4.36 Å². The number of anilines is 1. The fourth-order valence-electron chi connectivity index (χ4n) is 6.80. The predicted molar refractivity (Wildman–Crippen MR) is 188 cm³/mol. The second-order valence-corrected chi connectivity index (χ2v) is 15.4. The number of nitrogens with one attached hydrogen (secondary N) is 1. The molecule has 0 saturated heterocycles. The Morgan fingerprint density at radius 1 is 1.15 bits per heavy atom. The zero-order valence-corrected chi connectivity index (χ0v) is 29.0. The van der Waals surface area contributed by atoms with Gasteiger partial charge in [-0.2, -0.15) is 5.10 Å². The number of nitrogens with zero attached hydrogens (tertiary/aromatic N) is 4. The maximum Gasteiger partial charge on any atom is 0.286 e. The number of hydrogen-bond donors (Lipinski definition) is 1. The normalized spacial score (nSPS) is 25.6. The summed E-state index contributed by atoms with van der Waals surface area (Å²) < 4.78 is 34.9. The third-order valence-corrected chi connectivity index (χ3v) is 11.6. The first-order chi connectivity index (χ1) is 23.3. The molecule has 0 unspecified atom stereocenters. The molecule has 6 rings (SSSR count). The van der Waals surface area contributed by atoms with Crippen LogP contribution in [0.2, 0.25) is 5.02 Å². The molecule has 0 spiro atoms. The summed E-state index contributed by atoms with van der Waals surface area (Å²) in [7, 11) is -1.67. The Bertz CT molecular complexity index is 1750. The molecule has 10 nitrogen and oxygen atoms in total. The molecule has 3 aliphatic rings. The highest BCUT2D eigenvalue weighted by molar-refractivity contribution is 7.92. The molecule has 1 N–H and O–H groups in total. The highest BCUT2D eigenvalue weighted by Crippen LogP contribution is 2.42. The van der Waals surface area contributed by atoms with Crippen molar-refractivity contribution in [3.63, 3.8) is 0 Å². The summed E-state index contributed by atoms with van der Waals surface area (Å²) in [5.74, 6) is 0.356. The van der Waals surface area contributed by atoms with Gasteiger partial charge >= 0.3 is 0 Å². The van der Waals surface area contributed by atoms with Crippen molar-refractivity contribution in [2.24, 2.45) is 16.2 Å². The van der Waals surface area contributed by atoms with Gasteiger partial charge < -0.3 is 14.4 Å². The van der Waals surface area contributed by atoms with Crippen molar-refractivity contribution in [2.75, 3.05) is 30.9 Å². The molecule has 12 heteroatoms. The maximum atomic E-state index is 14.2. The van der Waals surface area contributed by atoms with Crippen LogP contribution in [-0.2, 0) is 39.0 Å². The van der Waals surface area contributed by atoms with Crippen LogP contribution < -0.4 is 14.4 Å². The fraction of sp³-hybridized carbons (Fsp3) is 0.472. The second-order valence-electron chi connectivity index (χ2n) is 12.8. The lowest BCUT2D eigenvalue weighted by Crippen LogP contribution is -2.43. The number of hydrogen-bond acceptors (Lipinski definition) is 7. The molecular weight excluding hydrogens is 650 g/mol. The zero-order chi connectivity index (χ0) is 33.5. The summed E-state index contributed by atoms with van der Waals surface area (Å²) in [5, 5.41) is 4.84. The number of amides is 2. The SMILES string of the molecule is CO[C@H]1/C=C/CCC[S@@](=O)(NC(=O)CCn2cccn2)=NC(=O)c2ccc3c(c2)N(Cc2ccc(Cl)cc2CCCCO3)C[C@@H]2CC[C@H]21. The maximum absolute atomic E-state index is 14.2. The van der Waals surface area contributed by atoms with E-state index in [0.717, 1.165) is 44.3 Å². The lowest BCUT2D eigenvalue weighted by molar-refractivity contribution is -0.119. The van der Waals surface area contributed by atoms with E-state index in [9.17, 15) is 13.8 Å². The van der Waals surface area contributed by atoms with Gasteiger partial charge in [-0.1, -0.05) is 29.8 Å². The number of aromatic nitrogens is 2. The molecule has 1 saturated carbocycles. The lowest BCUT2D eigenvalue weighted by atomic mass is 9.70. The molecule has 48 heavy (non-hydrogen) atoms. The monoisotopic (exact) mass is 693 g/mol. The first kappa shape index (κ1) is 34.2. The first-order valence-corrected chi connectivity index (χ1v) is 18.9. The van der Waals surface area contributed by atoms with Crippen LogP contribution in [0, 0.1) is 11.8 Å². The van der Waals surface area contributed by atoms with Crippen molar-refractivity contribution < 1.29 is 23.3 Å². The quantitative estimate of drug-likeness (QED) is 0.309. The number of ether oxygens (including phenoxy) is 2. The van der Waals surface area contributed by atoms with Crippen molar-refractivity contribution in [1.82, 2.24) is 14.5 Å². The zero-order valence-electron chi connectivity index (χ0n) is 27.4. The van der Waals surface area contributed by atoms with Crippen LogP contribution in [0.1, 0.15) is 66.4 Å². The molecular formula is C36H44ClN5O5S. The standard InChI is InChI=1S/C36H44ClN5O5S/c1-46-33-9-3-2-6-21-48(45,39-35(43)16-19-42-18-7-17-38-42)40-36(44)27-12-15-34-32(23-27)41(25-29-11-14-31(29)33)24-28-10-13-30(37)22-26(28)8-4-5-20-47-34/h3,7,9-10,12-13,15,17-18,22-23,29,31,33H,2,4-6,8,11,14,16,19-21,24-25H2,1H3,(H,39,40,43,44,45)/b9-3+/t29-,31+,33-,48+/m0/s1. The molecule has 3 heterocycles. The molecule has 2 aliphatic heterocycles. The number of halogens is 1. The van der Waals surface area contributed by atoms with Crippen LogP contribution >= 0.6 is 11.6 Å². The van der Waals surface area contributed by atoms with Crippen molar-refractivity contribution in [2.45, 2.75) is 70.6 Å². The Labute approximate surface area is 288 Å². The van der Waals surface area contributed by atoms with Gasteiger partial charge in [0, 0.05) is 56.1 Å². The fourth-order valence-corrected chi connectivity index (χ4v) is 8.62. The molecule has 2 aromatic carbocycles. The van der Waals surface area contributed by atoms with E-state index in [1.807, 2.05) is 12.1 Å². The lowest BCUT2D eigenvalue weighted by Gasteiger charge is -2.43. The van der Waals surface area contributed by atoms with Gasteiger partial charge in [0.15, 0.2) is 0 Å². The third kappa shape index (κ3) is 8.48. The van der Waals surface area contributed by atoms with Crippen LogP contribution in [0.25, 0.3) is 0 Å². The smallest absolute Gasteiger partial charge is 0.286 e. The molecule has 2 bridgehead atoms. The van der Waals surface area contributed by atoms with Crippen LogP contribution in [0.3, 0.4) is 0 Å². The average Bonchev–Trinajstić information content (AvgIpc) is 3.57. The highest BCUT2D eigenvalue weighted by Gasteiger charge is 2.38. The number of aryl methyl sites for hydroxylation is 2. The van der Waals surface area contributed by atoms with Crippen molar-refractivity contribution >= 4 is 39.0 Å². The van der Waals surface area contributed by atoms with E-state index in [-0.39, 0.29) is 18.3 Å². The van der Waals surface area contributed by atoms with E-state index in [1.165, 1.54) is 11.1 Å². The van der Waals surface area contributed by atoms with E-state index in [4.69, 9.17) is 21.1 Å². The summed E-state index contributed by atoms with van der Waals surface area (Å²) in [5.41, 5.74) is 3.48. The molecule has 4 atom stereocenters. The van der Waals surface area contributed by atoms with Crippen molar-refractivity contribution in [3.05, 3.63) is 88.7 Å². The summed E-state index contributed by atoms with van der Waals surface area (Å²) in [4.78, 5) is 29.1. The summed E-state index contributed by atoms with van der Waals surface area (Å²) in [6, 6.07) is 13.2. The van der Waals surface area contributed by atoms with Crippen LogP contribution in [-0.4, -0.2) is 57.9 Å². The minimum Gasteiger partial charge on any atom is -0.491 e. The number of benzene rings is 2. The van der Waals surface area contributed by atoms with Gasteiger partial charge in [0.1, 0.15) is 15.7 Å². The minimum absolute atomic E-state index is 0.0415. The summed E-state index contributed by atoms with van der Waals surface area (Å²) in [6.45, 7) is 2.21. The topological polar surface area (TPSA) is 115 Å². The highest BCUT2D eigenvalue weighted by atomic mass is 35.5. The van der Waals surface area contributed by atoms with E-state index in [0.29, 0.717) is 60.7 Å². The van der Waals surface area contributed by atoms with Gasteiger partial charge in [-0.05, 0) is 104 Å². The Kier molecular flexibility index (Phi) is 11.2. The van der Waals surface area contributed by atoms with Gasteiger partial charge in [0.2, 0.25) is 5.91 Å². The van der Waals surface area contributed by atoms with Crippen LogP contribution in [0.5, 0.6) is 5.75 Å². The third-order valence-electron chi connectivity index (χ3n) is 9.55. The number of allylic oxidation sites excluding steroid dienone is 1. The minimum atomic E-state index is -3.42. The molecule has 1 aromatic heterocycles. The average molecular weight is 694 g/mol. The Morgan fingerprint density at radius 3 is 2.83 bits per heavy atom. The Morgan fingerprint density at radius 2 is 2.04 bits per heavy atom. The van der Waals surface area contributed by atoms with Crippen LogP contribution in [0.15, 0.2) is 71.4 Å². The number of carbonyl (C=O) groups excluding carboxylic acids is 2. The predicted octanol–water partition coefficient (Wildman–Crippen LogP) is 6.38. The van der Waals surface area contributed by atoms with Crippen molar-refractivity contribution in [1.29, 1.82) is 0 Å². The van der Waals surface area contributed by atoms with E-state index in [1.54, 1.807) is 42.4 Å². The van der Waals surface area contributed by atoms with Crippen molar-refractivity contribution in [3.8, 4) is 5.75 Å². The molecule has 1 fully saturated rings. The number of rotatable bonds is 5. The first-order valence-electron chi connectivity index (χ1n) is 16.9. The van der Waals surface area contributed by atoms with Gasteiger partial charge in [-0.25, -0.2) is 4.21 Å². The number of methoxy groups -OCH3 is 1. The molecule has 3 aromatic rings. The van der Waals surface area contributed by atoms with E-state index in [2.05, 4.69) is 43.4 Å². The number of fused-ring (bicyclic) bond motifs is 3. The van der Waals surface area contributed by atoms with Gasteiger partial charge in [-0.3, -0.25) is 19.0 Å². The Hall–Kier alpha value is -3.67. The Balaban J connectivity index is 1.39. The van der Waals surface area contributed by atoms with Gasteiger partial charge in [0.05, 0.1) is 24.2 Å². The van der Waals surface area contributed by atoms with Crippen LogP contribution in [0.4, 0.5) is 5.69 Å². The molecule has 0 radical (unpaired) electrons. The van der Waals surface area contributed by atoms with Gasteiger partial charge in [0.25, 0.3) is 5.91 Å². The second kappa shape index (κ2) is 15.7. The molecule has 2 amide bonds. The largest absolute Gasteiger partial charge is 0.491 e. The molecule has 256 valence electrons. The summed E-state index contributed by atoms with van der Waals surface area (Å²) in [6.07, 6.45) is 13.5. The molecule has 1 aliphatic carbocycles. The summed E-state index contributed by atoms with van der Waals surface area (Å²) >= 11 is 6.45. The van der Waals surface area contributed by atoms with E-state index < -0.39 is 21.7 Å². The van der Waals surface area contributed by atoms with E-state index >= 15 is 0 Å². The number of carbonyl (C=O) groups is 2.